The molecule has 3 heterocycles. The van der Waals surface area contributed by atoms with Crippen LogP contribution in [0.25, 0.3) is 10.8 Å². The fraction of sp³-hybridized carbons (Fsp3) is 0.0857. The lowest BCUT2D eigenvalue weighted by molar-refractivity contribution is -0.117. The normalized spacial score (nSPS) is 14.8. The van der Waals surface area contributed by atoms with Crippen molar-refractivity contribution in [2.45, 2.75) is 22.7 Å². The molecule has 0 fully saturated rings. The summed E-state index contributed by atoms with van der Waals surface area (Å²) >= 11 is 2.73. The predicted octanol–water partition coefficient (Wildman–Crippen LogP) is 7.94. The topological polar surface area (TPSA) is 106 Å². The van der Waals surface area contributed by atoms with E-state index in [2.05, 4.69) is 34.5 Å². The minimum absolute atomic E-state index is 0.0104. The van der Waals surface area contributed by atoms with Crippen LogP contribution in [0.3, 0.4) is 0 Å². The van der Waals surface area contributed by atoms with Crippen molar-refractivity contribution < 1.29 is 23.8 Å². The third-order valence-electron chi connectivity index (χ3n) is 7.45. The van der Waals surface area contributed by atoms with E-state index in [4.69, 9.17) is 9.15 Å². The number of anilines is 1. The van der Waals surface area contributed by atoms with Gasteiger partial charge in [-0.25, -0.2) is 0 Å². The van der Waals surface area contributed by atoms with Crippen molar-refractivity contribution in [1.29, 1.82) is 0 Å². The maximum absolute atomic E-state index is 13.6. The highest BCUT2D eigenvalue weighted by molar-refractivity contribution is 8.00. The molecule has 1 N–H and O–H groups in total. The van der Waals surface area contributed by atoms with Gasteiger partial charge in [-0.2, -0.15) is 0 Å². The van der Waals surface area contributed by atoms with E-state index in [0.29, 0.717) is 28.0 Å². The van der Waals surface area contributed by atoms with Crippen molar-refractivity contribution in [3.8, 4) is 5.75 Å². The number of thioether (sulfide) groups is 1. The van der Waals surface area contributed by atoms with Crippen LogP contribution in [0.5, 0.6) is 5.75 Å². The number of fused-ring (bicyclic) bond motifs is 1. The number of aliphatic hydroxyl groups is 1. The Morgan fingerprint density at radius 1 is 0.933 bits per heavy atom. The summed E-state index contributed by atoms with van der Waals surface area (Å²) < 4.78 is 12.1. The molecule has 0 spiro atoms. The largest absolute Gasteiger partial charge is 0.503 e. The van der Waals surface area contributed by atoms with E-state index in [0.717, 1.165) is 21.9 Å². The molecule has 1 aliphatic heterocycles. The smallest absolute Gasteiger partial charge is 0.296 e. The Labute approximate surface area is 266 Å². The number of aromatic nitrogens is 2. The molecule has 45 heavy (non-hydrogen) atoms. The van der Waals surface area contributed by atoms with E-state index in [1.165, 1.54) is 40.3 Å². The summed E-state index contributed by atoms with van der Waals surface area (Å²) in [6.07, 6.45) is 1.37. The van der Waals surface area contributed by atoms with Crippen molar-refractivity contribution in [3.05, 3.63) is 149 Å². The molecule has 0 aliphatic carbocycles. The maximum Gasteiger partial charge on any atom is 0.296 e. The van der Waals surface area contributed by atoms with Crippen LogP contribution in [-0.2, 0) is 17.2 Å². The third-order valence-corrected chi connectivity index (χ3v) is 9.56. The molecular formula is C35H25N3O5S2. The number of rotatable bonds is 10. The third kappa shape index (κ3) is 5.73. The second-order valence-corrected chi connectivity index (χ2v) is 12.4. The molecule has 222 valence electrons. The van der Waals surface area contributed by atoms with Gasteiger partial charge < -0.3 is 14.3 Å². The van der Waals surface area contributed by atoms with E-state index >= 15 is 0 Å². The summed E-state index contributed by atoms with van der Waals surface area (Å²) in [5, 5.41) is 22.4. The molecule has 1 amide bonds. The molecule has 1 aliphatic rings. The number of furan rings is 1. The number of ketones is 1. The van der Waals surface area contributed by atoms with Crippen LogP contribution in [0.2, 0.25) is 0 Å². The highest BCUT2D eigenvalue weighted by atomic mass is 32.2. The standard InChI is InChI=1S/C35H25N3O5S2/c39-31(28-17-8-18-42-28)29-30(24-13-7-15-26(19-24)43-20-22-9-2-1-3-10-22)38(33(41)32(29)40)34-36-37-35(45-34)44-21-25-14-6-12-23-11-4-5-16-27(23)25/h1-19,30,40H,20-21H2. The zero-order chi connectivity index (χ0) is 30.8. The number of benzene rings is 4. The van der Waals surface area contributed by atoms with Crippen LogP contribution >= 0.6 is 23.1 Å². The van der Waals surface area contributed by atoms with Crippen LogP contribution in [-0.4, -0.2) is 27.0 Å². The number of carbonyl (C=O) groups is 2. The van der Waals surface area contributed by atoms with Gasteiger partial charge in [0.2, 0.25) is 10.9 Å². The molecule has 0 saturated carbocycles. The van der Waals surface area contributed by atoms with Gasteiger partial charge in [0, 0.05) is 5.75 Å². The quantitative estimate of drug-likeness (QED) is 0.0923. The van der Waals surface area contributed by atoms with Gasteiger partial charge in [-0.1, -0.05) is 108 Å². The van der Waals surface area contributed by atoms with Gasteiger partial charge in [0.05, 0.1) is 17.9 Å². The highest BCUT2D eigenvalue weighted by Gasteiger charge is 2.46. The summed E-state index contributed by atoms with van der Waals surface area (Å²) in [6, 6.07) is 33.4. The monoisotopic (exact) mass is 631 g/mol. The Balaban J connectivity index is 1.20. The first-order chi connectivity index (χ1) is 22.1. The van der Waals surface area contributed by atoms with Crippen LogP contribution in [0, 0.1) is 0 Å². The molecular weight excluding hydrogens is 607 g/mol. The lowest BCUT2D eigenvalue weighted by atomic mass is 9.95. The molecule has 8 nitrogen and oxygen atoms in total. The highest BCUT2D eigenvalue weighted by Crippen LogP contribution is 2.44. The van der Waals surface area contributed by atoms with Crippen LogP contribution in [0.1, 0.15) is 33.3 Å². The summed E-state index contributed by atoms with van der Waals surface area (Å²) in [7, 11) is 0. The minimum Gasteiger partial charge on any atom is -0.503 e. The molecule has 2 aromatic heterocycles. The Kier molecular flexibility index (Phi) is 7.89. The van der Waals surface area contributed by atoms with E-state index in [1.54, 1.807) is 30.3 Å². The average molecular weight is 632 g/mol. The van der Waals surface area contributed by atoms with Gasteiger partial charge in [-0.3, -0.25) is 14.5 Å². The lowest BCUT2D eigenvalue weighted by Gasteiger charge is -2.24. The Morgan fingerprint density at radius 3 is 2.58 bits per heavy atom. The molecule has 7 rings (SSSR count). The van der Waals surface area contributed by atoms with Crippen molar-refractivity contribution >= 4 is 50.7 Å². The van der Waals surface area contributed by atoms with Gasteiger partial charge in [-0.05, 0) is 51.7 Å². The number of amides is 1. The Hall–Kier alpha value is -5.19. The fourth-order valence-corrected chi connectivity index (χ4v) is 7.19. The van der Waals surface area contributed by atoms with E-state index in [1.807, 2.05) is 48.5 Å². The molecule has 1 unspecified atom stereocenters. The molecule has 6 aromatic rings. The number of hydrogen-bond donors (Lipinski definition) is 1. The van der Waals surface area contributed by atoms with E-state index in [-0.39, 0.29) is 16.5 Å². The van der Waals surface area contributed by atoms with Gasteiger partial charge in [0.25, 0.3) is 5.91 Å². The fourth-order valence-electron chi connectivity index (χ4n) is 5.32. The maximum atomic E-state index is 13.6. The first kappa shape index (κ1) is 28.6. The molecule has 0 radical (unpaired) electrons. The van der Waals surface area contributed by atoms with Crippen molar-refractivity contribution in [2.75, 3.05) is 4.90 Å². The van der Waals surface area contributed by atoms with E-state index < -0.39 is 23.5 Å². The Morgan fingerprint density at radius 2 is 1.73 bits per heavy atom. The summed E-state index contributed by atoms with van der Waals surface area (Å²) in [4.78, 5) is 28.6. The molecule has 0 saturated heterocycles. The second-order valence-electron chi connectivity index (χ2n) is 10.3. The molecule has 0 bridgehead atoms. The number of aliphatic hydroxyl groups excluding tert-OH is 1. The summed E-state index contributed by atoms with van der Waals surface area (Å²) in [5.74, 6) is -0.784. The SMILES string of the molecule is O=C(C1=C(O)C(=O)N(c2nnc(SCc3cccc4ccccc34)s2)C1c1cccc(OCc2ccccc2)c1)c1ccco1. The minimum atomic E-state index is -0.987. The van der Waals surface area contributed by atoms with Gasteiger partial charge in [0.1, 0.15) is 12.4 Å². The number of nitrogens with zero attached hydrogens (tertiary/aromatic N) is 3. The zero-order valence-electron chi connectivity index (χ0n) is 23.7. The number of carbonyl (C=O) groups excluding carboxylic acids is 2. The van der Waals surface area contributed by atoms with Crippen LogP contribution in [0.15, 0.2) is 136 Å². The van der Waals surface area contributed by atoms with Crippen LogP contribution < -0.4 is 9.64 Å². The number of Topliss-reactive ketones (excluding diaryl/α,β-unsaturated/α-hetero) is 1. The average Bonchev–Trinajstić information content (AvgIpc) is 3.84. The summed E-state index contributed by atoms with van der Waals surface area (Å²) in [5.41, 5.74) is 2.61. The molecule has 10 heteroatoms. The first-order valence-corrected chi connectivity index (χ1v) is 15.9. The van der Waals surface area contributed by atoms with Crippen molar-refractivity contribution in [1.82, 2.24) is 10.2 Å². The zero-order valence-corrected chi connectivity index (χ0v) is 25.3. The first-order valence-electron chi connectivity index (χ1n) is 14.1. The Bertz CT molecular complexity index is 2030. The number of ether oxygens (including phenoxy) is 1. The van der Waals surface area contributed by atoms with Crippen molar-refractivity contribution in [2.24, 2.45) is 0 Å². The lowest BCUT2D eigenvalue weighted by Crippen LogP contribution is -2.31. The van der Waals surface area contributed by atoms with Crippen LogP contribution in [0.4, 0.5) is 5.13 Å². The second kappa shape index (κ2) is 12.4. The summed E-state index contributed by atoms with van der Waals surface area (Å²) in [6.45, 7) is 0.338. The molecule has 1 atom stereocenters. The van der Waals surface area contributed by atoms with Gasteiger partial charge in [0.15, 0.2) is 15.9 Å². The van der Waals surface area contributed by atoms with Gasteiger partial charge in [-0.15, -0.1) is 10.2 Å². The van der Waals surface area contributed by atoms with E-state index in [9.17, 15) is 14.7 Å². The predicted molar refractivity (Wildman–Crippen MR) is 174 cm³/mol. The molecule has 4 aromatic carbocycles. The van der Waals surface area contributed by atoms with Gasteiger partial charge >= 0.3 is 0 Å². The van der Waals surface area contributed by atoms with Crippen molar-refractivity contribution in [3.63, 3.8) is 0 Å². The number of hydrogen-bond acceptors (Lipinski definition) is 9.